The van der Waals surface area contributed by atoms with Crippen molar-refractivity contribution in [1.29, 1.82) is 0 Å². The molecule has 2 aromatic rings. The molecular weight excluding hydrogens is 430 g/mol. The lowest BCUT2D eigenvalue weighted by atomic mass is 9.98. The number of hydrogen-bond donors (Lipinski definition) is 1. The van der Waals surface area contributed by atoms with E-state index in [0.29, 0.717) is 31.9 Å². The summed E-state index contributed by atoms with van der Waals surface area (Å²) in [4.78, 5) is 33.9. The van der Waals surface area contributed by atoms with E-state index < -0.39 is 15.9 Å². The Labute approximate surface area is 186 Å². The number of piperazine rings is 1. The van der Waals surface area contributed by atoms with Crippen LogP contribution in [-0.4, -0.2) is 75.4 Å². The Bertz CT molecular complexity index is 1230. The summed E-state index contributed by atoms with van der Waals surface area (Å²) < 4.78 is 27.1. The van der Waals surface area contributed by atoms with Crippen molar-refractivity contribution in [3.05, 3.63) is 48.0 Å². The first-order chi connectivity index (χ1) is 15.3. The average molecular weight is 454 g/mol. The lowest BCUT2D eigenvalue weighted by molar-refractivity contribution is -0.131. The topological polar surface area (TPSA) is 102 Å². The molecule has 0 radical (unpaired) electrons. The third kappa shape index (κ3) is 3.45. The van der Waals surface area contributed by atoms with Gasteiger partial charge < -0.3 is 15.1 Å². The largest absolute Gasteiger partial charge is 0.368 e. The van der Waals surface area contributed by atoms with Crippen molar-refractivity contribution in [2.45, 2.75) is 10.8 Å². The van der Waals surface area contributed by atoms with Gasteiger partial charge in [-0.1, -0.05) is 12.1 Å². The molecule has 2 aromatic carbocycles. The molecule has 9 nitrogen and oxygen atoms in total. The van der Waals surface area contributed by atoms with Crippen LogP contribution >= 0.6 is 0 Å². The van der Waals surface area contributed by atoms with E-state index in [0.717, 1.165) is 21.2 Å². The molecule has 4 heterocycles. The predicted octanol–water partition coefficient (Wildman–Crippen LogP) is 1.41. The molecule has 32 heavy (non-hydrogen) atoms. The van der Waals surface area contributed by atoms with Gasteiger partial charge in [-0.05, 0) is 30.3 Å². The molecule has 10 heteroatoms. The van der Waals surface area contributed by atoms with Gasteiger partial charge in [0.25, 0.3) is 0 Å². The highest BCUT2D eigenvalue weighted by Crippen LogP contribution is 2.39. The van der Waals surface area contributed by atoms with E-state index in [9.17, 15) is 18.0 Å². The van der Waals surface area contributed by atoms with E-state index in [1.165, 1.54) is 19.2 Å². The molecule has 0 aliphatic carbocycles. The fraction of sp³-hybridized carbons (Fsp3) is 0.318. The van der Waals surface area contributed by atoms with Gasteiger partial charge in [-0.25, -0.2) is 8.42 Å². The molecule has 0 saturated carbocycles. The number of carbonyl (C=O) groups is 2. The highest BCUT2D eigenvalue weighted by Gasteiger charge is 2.34. The van der Waals surface area contributed by atoms with Crippen molar-refractivity contribution in [2.24, 2.45) is 4.99 Å². The van der Waals surface area contributed by atoms with Gasteiger partial charge in [0.05, 0.1) is 17.1 Å². The van der Waals surface area contributed by atoms with E-state index in [2.05, 4.69) is 15.2 Å². The van der Waals surface area contributed by atoms with E-state index in [-0.39, 0.29) is 23.3 Å². The minimum Gasteiger partial charge on any atom is -0.368 e. The maximum absolute atomic E-state index is 13.0. The van der Waals surface area contributed by atoms with Crippen LogP contribution in [0.3, 0.4) is 0 Å². The summed E-state index contributed by atoms with van der Waals surface area (Å²) in [5.41, 5.74) is 2.98. The van der Waals surface area contributed by atoms with Crippen LogP contribution in [0.1, 0.15) is 11.5 Å². The summed E-state index contributed by atoms with van der Waals surface area (Å²) in [6.45, 7) is 1.92. The standard InChI is InChI=1S/C22H23N5O4S/c1-25-14-20(28)27-10-8-26(9-11-27)19-7-3-6-18-21(19)17(22(29)24-18)13-23-15-4-2-5-16(12-15)32(25,30)31/h2-7,12-13,17H,8-11,14H2,1H3,(H,24,29). The van der Waals surface area contributed by atoms with Crippen molar-refractivity contribution < 1.29 is 18.0 Å². The summed E-state index contributed by atoms with van der Waals surface area (Å²) in [5.74, 6) is -0.989. The minimum absolute atomic E-state index is 0.0522. The summed E-state index contributed by atoms with van der Waals surface area (Å²) in [5, 5.41) is 2.92. The van der Waals surface area contributed by atoms with Gasteiger partial charge in [-0.2, -0.15) is 4.31 Å². The predicted molar refractivity (Wildman–Crippen MR) is 121 cm³/mol. The number of fused-ring (bicyclic) bond motifs is 5. The SMILES string of the molecule is CN1CC(=O)N2CCN(CC2)c2cccc3c2C(C=Nc2cccc(c2)S1(=O)=O)C(=O)N3. The number of aliphatic imine (C=N–C) groups is 1. The number of amides is 2. The monoisotopic (exact) mass is 453 g/mol. The van der Waals surface area contributed by atoms with Gasteiger partial charge in [-0.15, -0.1) is 0 Å². The molecule has 4 aliphatic rings. The molecule has 4 bridgehead atoms. The number of likely N-dealkylation sites (N-methyl/N-ethyl adjacent to an activating group) is 1. The Hall–Kier alpha value is -3.24. The first-order valence-electron chi connectivity index (χ1n) is 10.4. The molecule has 1 unspecified atom stereocenters. The Balaban J connectivity index is 1.63. The minimum atomic E-state index is -3.86. The number of sulfonamides is 1. The molecule has 1 fully saturated rings. The molecule has 1 atom stereocenters. The molecule has 1 N–H and O–H groups in total. The highest BCUT2D eigenvalue weighted by atomic mass is 32.2. The van der Waals surface area contributed by atoms with Crippen LogP contribution < -0.4 is 10.2 Å². The van der Waals surface area contributed by atoms with Gasteiger partial charge in [0, 0.05) is 56.4 Å². The first kappa shape index (κ1) is 20.7. The maximum Gasteiger partial charge on any atom is 0.243 e. The van der Waals surface area contributed by atoms with Crippen LogP contribution in [-0.2, 0) is 19.6 Å². The smallest absolute Gasteiger partial charge is 0.243 e. The fourth-order valence-corrected chi connectivity index (χ4v) is 5.55. The third-order valence-corrected chi connectivity index (χ3v) is 7.96. The van der Waals surface area contributed by atoms with Gasteiger partial charge in [-0.3, -0.25) is 14.6 Å². The summed E-state index contributed by atoms with van der Waals surface area (Å²) in [7, 11) is -2.46. The van der Waals surface area contributed by atoms with Crippen LogP contribution in [0.4, 0.5) is 17.1 Å². The fourth-order valence-electron chi connectivity index (χ4n) is 4.39. The molecule has 2 amide bonds. The van der Waals surface area contributed by atoms with Crippen LogP contribution in [0.25, 0.3) is 0 Å². The molecular formula is C22H23N5O4S. The van der Waals surface area contributed by atoms with Gasteiger partial charge >= 0.3 is 0 Å². The van der Waals surface area contributed by atoms with Gasteiger partial charge in [0.1, 0.15) is 5.92 Å². The zero-order chi connectivity index (χ0) is 22.5. The Morgan fingerprint density at radius 3 is 2.50 bits per heavy atom. The van der Waals surface area contributed by atoms with Crippen molar-refractivity contribution in [3.8, 4) is 0 Å². The number of nitrogens with one attached hydrogen (secondary N) is 1. The molecule has 4 aliphatic heterocycles. The zero-order valence-electron chi connectivity index (χ0n) is 17.6. The molecule has 1 saturated heterocycles. The van der Waals surface area contributed by atoms with Crippen molar-refractivity contribution >= 4 is 45.1 Å². The number of nitrogens with zero attached hydrogens (tertiary/aromatic N) is 4. The van der Waals surface area contributed by atoms with E-state index in [4.69, 9.17) is 0 Å². The number of benzene rings is 2. The maximum atomic E-state index is 13.0. The van der Waals surface area contributed by atoms with Crippen molar-refractivity contribution in [2.75, 3.05) is 50.0 Å². The lowest BCUT2D eigenvalue weighted by Crippen LogP contribution is -2.51. The second kappa shape index (κ2) is 7.72. The summed E-state index contributed by atoms with van der Waals surface area (Å²) in [6.07, 6.45) is 1.58. The van der Waals surface area contributed by atoms with Crippen LogP contribution in [0.15, 0.2) is 52.4 Å². The second-order valence-electron chi connectivity index (χ2n) is 8.11. The summed E-state index contributed by atoms with van der Waals surface area (Å²) in [6, 6.07) is 12.0. The van der Waals surface area contributed by atoms with Crippen LogP contribution in [0.2, 0.25) is 0 Å². The Morgan fingerprint density at radius 1 is 1.00 bits per heavy atom. The average Bonchev–Trinajstić information content (AvgIpc) is 3.12. The number of anilines is 2. The van der Waals surface area contributed by atoms with Gasteiger partial charge in [0.15, 0.2) is 0 Å². The number of carbonyl (C=O) groups excluding carboxylic acids is 2. The molecule has 0 aromatic heterocycles. The molecule has 166 valence electrons. The lowest BCUT2D eigenvalue weighted by Gasteiger charge is -2.37. The van der Waals surface area contributed by atoms with Crippen molar-refractivity contribution in [3.63, 3.8) is 0 Å². The van der Waals surface area contributed by atoms with E-state index in [1.807, 2.05) is 18.2 Å². The highest BCUT2D eigenvalue weighted by molar-refractivity contribution is 7.89. The number of rotatable bonds is 0. The van der Waals surface area contributed by atoms with E-state index in [1.54, 1.807) is 23.2 Å². The second-order valence-corrected chi connectivity index (χ2v) is 10.2. The molecule has 6 rings (SSSR count). The van der Waals surface area contributed by atoms with Crippen molar-refractivity contribution in [1.82, 2.24) is 9.21 Å². The number of hydrogen-bond acceptors (Lipinski definition) is 6. The quantitative estimate of drug-likeness (QED) is 0.650. The first-order valence-corrected chi connectivity index (χ1v) is 11.9. The third-order valence-electron chi connectivity index (χ3n) is 6.16. The Kier molecular flexibility index (Phi) is 4.98. The van der Waals surface area contributed by atoms with E-state index >= 15 is 0 Å². The van der Waals surface area contributed by atoms with Crippen LogP contribution in [0, 0.1) is 0 Å². The normalized spacial score (nSPS) is 22.7. The van der Waals surface area contributed by atoms with Crippen LogP contribution in [0.5, 0.6) is 0 Å². The Morgan fingerprint density at radius 2 is 1.72 bits per heavy atom. The van der Waals surface area contributed by atoms with Gasteiger partial charge in [0.2, 0.25) is 21.8 Å². The summed E-state index contributed by atoms with van der Waals surface area (Å²) >= 11 is 0. The zero-order valence-corrected chi connectivity index (χ0v) is 18.4. The molecule has 0 spiro atoms.